The van der Waals surface area contributed by atoms with Crippen LogP contribution in [0.15, 0.2) is 6.07 Å². The minimum absolute atomic E-state index is 0.194. The molecule has 0 heterocycles. The number of rotatable bonds is 6. The van der Waals surface area contributed by atoms with Crippen LogP contribution in [-0.4, -0.2) is 25.0 Å². The molecule has 1 aromatic rings. The molecule has 0 aromatic heterocycles. The zero-order chi connectivity index (χ0) is 15.3. The van der Waals surface area contributed by atoms with Gasteiger partial charge in [0.2, 0.25) is 0 Å². The normalized spacial score (nSPS) is 10.2. The highest BCUT2D eigenvalue weighted by atomic mass is 16.5. The first-order chi connectivity index (χ1) is 9.43. The second-order valence-electron chi connectivity index (χ2n) is 4.71. The van der Waals surface area contributed by atoms with Gasteiger partial charge < -0.3 is 9.47 Å². The van der Waals surface area contributed by atoms with Crippen molar-refractivity contribution in [3.8, 4) is 5.75 Å². The van der Waals surface area contributed by atoms with Gasteiger partial charge >= 0.3 is 5.97 Å². The van der Waals surface area contributed by atoms with Gasteiger partial charge in [-0.25, -0.2) is 4.79 Å². The molecule has 1 aromatic carbocycles. The topological polar surface area (TPSA) is 52.6 Å². The fourth-order valence-corrected chi connectivity index (χ4v) is 2.06. The fraction of sp³-hybridized carbons (Fsp3) is 0.500. The number of hydrogen-bond donors (Lipinski definition) is 0. The Hall–Kier alpha value is -1.84. The number of ether oxygens (including phenoxy) is 2. The molecule has 0 N–H and O–H groups in total. The Balaban J connectivity index is 3.19. The molecule has 1 rings (SSSR count). The lowest BCUT2D eigenvalue weighted by atomic mass is 9.94. The molecule has 0 spiro atoms. The molecule has 0 aliphatic carbocycles. The number of carbonyl (C=O) groups is 2. The van der Waals surface area contributed by atoms with E-state index in [0.717, 1.165) is 28.9 Å². The Morgan fingerprint density at radius 3 is 2.30 bits per heavy atom. The number of Topliss-reactive ketones (excluding diaryl/α,β-unsaturated/α-hetero) is 1. The van der Waals surface area contributed by atoms with E-state index in [4.69, 9.17) is 9.47 Å². The van der Waals surface area contributed by atoms with Crippen LogP contribution in [0.5, 0.6) is 5.75 Å². The summed E-state index contributed by atoms with van der Waals surface area (Å²) in [6, 6.07) is 1.81. The minimum Gasteiger partial charge on any atom is -0.493 e. The van der Waals surface area contributed by atoms with Crippen LogP contribution in [0.25, 0.3) is 0 Å². The number of hydrogen-bond acceptors (Lipinski definition) is 4. The standard InChI is InChI=1S/C16H22O4/c1-6-8-20-13-9-10(3)14(12(5)11(13)4)15(17)16(18)19-7-2/h9H,6-8H2,1-5H3. The molecule has 0 atom stereocenters. The van der Waals surface area contributed by atoms with Crippen LogP contribution in [0.1, 0.15) is 47.3 Å². The van der Waals surface area contributed by atoms with Gasteiger partial charge in [-0.1, -0.05) is 6.92 Å². The van der Waals surface area contributed by atoms with Gasteiger partial charge in [-0.3, -0.25) is 4.79 Å². The first-order valence-electron chi connectivity index (χ1n) is 6.89. The SMILES string of the molecule is CCCOc1cc(C)c(C(=O)C(=O)OCC)c(C)c1C. The van der Waals surface area contributed by atoms with Crippen molar-refractivity contribution in [1.82, 2.24) is 0 Å². The third-order valence-electron chi connectivity index (χ3n) is 3.20. The smallest absolute Gasteiger partial charge is 0.379 e. The molecule has 0 saturated carbocycles. The second kappa shape index (κ2) is 7.08. The molecule has 0 aliphatic heterocycles. The summed E-state index contributed by atoms with van der Waals surface area (Å²) >= 11 is 0. The monoisotopic (exact) mass is 278 g/mol. The average molecular weight is 278 g/mol. The van der Waals surface area contributed by atoms with Gasteiger partial charge in [0.1, 0.15) is 5.75 Å². The Morgan fingerprint density at radius 1 is 1.10 bits per heavy atom. The predicted octanol–water partition coefficient (Wildman–Crippen LogP) is 3.15. The first-order valence-corrected chi connectivity index (χ1v) is 6.89. The van der Waals surface area contributed by atoms with Crippen LogP contribution < -0.4 is 4.74 Å². The molecule has 110 valence electrons. The summed E-state index contributed by atoms with van der Waals surface area (Å²) in [7, 11) is 0. The number of aryl methyl sites for hydroxylation is 1. The Kier molecular flexibility index (Phi) is 5.74. The zero-order valence-electron chi connectivity index (χ0n) is 12.8. The van der Waals surface area contributed by atoms with Crippen molar-refractivity contribution >= 4 is 11.8 Å². The van der Waals surface area contributed by atoms with E-state index in [1.165, 1.54) is 0 Å². The molecular formula is C16H22O4. The van der Waals surface area contributed by atoms with Gasteiger partial charge in [0.05, 0.1) is 13.2 Å². The van der Waals surface area contributed by atoms with Crippen LogP contribution >= 0.6 is 0 Å². The molecule has 0 amide bonds. The average Bonchev–Trinajstić information content (AvgIpc) is 2.41. The first kappa shape index (κ1) is 16.2. The van der Waals surface area contributed by atoms with Crippen LogP contribution in [0.2, 0.25) is 0 Å². The summed E-state index contributed by atoms with van der Waals surface area (Å²) in [5.74, 6) is -0.630. The van der Waals surface area contributed by atoms with Crippen LogP contribution in [0.4, 0.5) is 0 Å². The van der Waals surface area contributed by atoms with Crippen molar-refractivity contribution in [2.75, 3.05) is 13.2 Å². The fourth-order valence-electron chi connectivity index (χ4n) is 2.06. The van der Waals surface area contributed by atoms with Crippen LogP contribution in [0.3, 0.4) is 0 Å². The van der Waals surface area contributed by atoms with Gasteiger partial charge in [-0.15, -0.1) is 0 Å². The van der Waals surface area contributed by atoms with Gasteiger partial charge in [-0.05, 0) is 56.9 Å². The maximum atomic E-state index is 12.1. The van der Waals surface area contributed by atoms with Crippen LogP contribution in [-0.2, 0) is 9.53 Å². The van der Waals surface area contributed by atoms with Crippen molar-refractivity contribution in [3.05, 3.63) is 28.3 Å². The molecule has 20 heavy (non-hydrogen) atoms. The van der Waals surface area contributed by atoms with E-state index < -0.39 is 11.8 Å². The highest BCUT2D eigenvalue weighted by molar-refractivity contribution is 6.41. The summed E-state index contributed by atoms with van der Waals surface area (Å²) in [5.41, 5.74) is 2.81. The van der Waals surface area contributed by atoms with Gasteiger partial charge in [0, 0.05) is 5.56 Å². The molecule has 0 saturated heterocycles. The van der Waals surface area contributed by atoms with E-state index in [1.807, 2.05) is 26.8 Å². The summed E-state index contributed by atoms with van der Waals surface area (Å²) in [6.45, 7) is 10.1. The third kappa shape index (κ3) is 3.38. The molecule has 0 radical (unpaired) electrons. The lowest BCUT2D eigenvalue weighted by Crippen LogP contribution is -2.20. The third-order valence-corrected chi connectivity index (χ3v) is 3.20. The number of esters is 1. The quantitative estimate of drug-likeness (QED) is 0.455. The van der Waals surface area contributed by atoms with E-state index in [0.29, 0.717) is 12.2 Å². The highest BCUT2D eigenvalue weighted by Gasteiger charge is 2.23. The van der Waals surface area contributed by atoms with Crippen molar-refractivity contribution in [2.24, 2.45) is 0 Å². The van der Waals surface area contributed by atoms with Gasteiger partial charge in [0.25, 0.3) is 5.78 Å². The largest absolute Gasteiger partial charge is 0.493 e. The molecule has 0 unspecified atom stereocenters. The van der Waals surface area contributed by atoms with Crippen molar-refractivity contribution in [1.29, 1.82) is 0 Å². The zero-order valence-corrected chi connectivity index (χ0v) is 12.8. The van der Waals surface area contributed by atoms with E-state index >= 15 is 0 Å². The Labute approximate surface area is 120 Å². The van der Waals surface area contributed by atoms with Crippen molar-refractivity contribution in [2.45, 2.75) is 41.0 Å². The summed E-state index contributed by atoms with van der Waals surface area (Å²) in [4.78, 5) is 23.8. The molecular weight excluding hydrogens is 256 g/mol. The Bertz CT molecular complexity index is 518. The molecule has 0 bridgehead atoms. The van der Waals surface area contributed by atoms with E-state index in [-0.39, 0.29) is 6.61 Å². The minimum atomic E-state index is -0.805. The second-order valence-corrected chi connectivity index (χ2v) is 4.71. The summed E-state index contributed by atoms with van der Waals surface area (Å²) in [5, 5.41) is 0. The number of ketones is 1. The lowest BCUT2D eigenvalue weighted by Gasteiger charge is -2.16. The molecule has 0 aliphatic rings. The van der Waals surface area contributed by atoms with E-state index in [1.54, 1.807) is 13.8 Å². The van der Waals surface area contributed by atoms with E-state index in [9.17, 15) is 9.59 Å². The molecule has 0 fully saturated rings. The van der Waals surface area contributed by atoms with Crippen LogP contribution in [0, 0.1) is 20.8 Å². The Morgan fingerprint density at radius 2 is 1.75 bits per heavy atom. The number of benzene rings is 1. The predicted molar refractivity (Wildman–Crippen MR) is 77.4 cm³/mol. The van der Waals surface area contributed by atoms with Crippen molar-refractivity contribution in [3.63, 3.8) is 0 Å². The number of carbonyl (C=O) groups excluding carboxylic acids is 2. The van der Waals surface area contributed by atoms with Crippen molar-refractivity contribution < 1.29 is 19.1 Å². The summed E-state index contributed by atoms with van der Waals surface area (Å²) in [6.07, 6.45) is 0.918. The lowest BCUT2D eigenvalue weighted by molar-refractivity contribution is -0.137. The molecule has 4 heteroatoms. The van der Waals surface area contributed by atoms with Gasteiger partial charge in [-0.2, -0.15) is 0 Å². The maximum absolute atomic E-state index is 12.1. The summed E-state index contributed by atoms with van der Waals surface area (Å²) < 4.78 is 10.4. The highest BCUT2D eigenvalue weighted by Crippen LogP contribution is 2.28. The van der Waals surface area contributed by atoms with E-state index in [2.05, 4.69) is 0 Å². The van der Waals surface area contributed by atoms with Gasteiger partial charge in [0.15, 0.2) is 0 Å². The molecule has 4 nitrogen and oxygen atoms in total. The maximum Gasteiger partial charge on any atom is 0.379 e.